The summed E-state index contributed by atoms with van der Waals surface area (Å²) >= 11 is 11.6. The summed E-state index contributed by atoms with van der Waals surface area (Å²) in [5, 5.41) is 0.358. The van der Waals surface area contributed by atoms with Gasteiger partial charge in [0, 0.05) is 23.5 Å². The SMILES string of the molecule is Fc1cc(Cl)ccc1-n1c(CCCl)nc2cnccc21. The van der Waals surface area contributed by atoms with E-state index in [0.29, 0.717) is 34.4 Å². The van der Waals surface area contributed by atoms with Gasteiger partial charge in [0.25, 0.3) is 0 Å². The molecule has 0 spiro atoms. The Hall–Kier alpha value is -1.65. The lowest BCUT2D eigenvalue weighted by atomic mass is 10.2. The Kier molecular flexibility index (Phi) is 3.59. The van der Waals surface area contributed by atoms with Crippen LogP contribution in [0.15, 0.2) is 36.7 Å². The first-order valence-corrected chi connectivity index (χ1v) is 6.94. The van der Waals surface area contributed by atoms with Crippen LogP contribution >= 0.6 is 23.2 Å². The number of rotatable bonds is 3. The zero-order valence-corrected chi connectivity index (χ0v) is 11.9. The minimum absolute atomic E-state index is 0.358. The van der Waals surface area contributed by atoms with Crippen molar-refractivity contribution in [3.8, 4) is 5.69 Å². The summed E-state index contributed by atoms with van der Waals surface area (Å²) in [5.41, 5.74) is 1.91. The number of aryl methyl sites for hydroxylation is 1. The van der Waals surface area contributed by atoms with Crippen molar-refractivity contribution in [2.24, 2.45) is 0 Å². The van der Waals surface area contributed by atoms with E-state index in [2.05, 4.69) is 9.97 Å². The molecule has 0 bridgehead atoms. The van der Waals surface area contributed by atoms with Gasteiger partial charge in [-0.25, -0.2) is 9.37 Å². The largest absolute Gasteiger partial charge is 0.293 e. The summed E-state index contributed by atoms with van der Waals surface area (Å²) in [6, 6.07) is 6.37. The monoisotopic (exact) mass is 309 g/mol. The van der Waals surface area contributed by atoms with Gasteiger partial charge >= 0.3 is 0 Å². The Labute approximate surface area is 125 Å². The van der Waals surface area contributed by atoms with Gasteiger partial charge in [0.15, 0.2) is 0 Å². The normalized spacial score (nSPS) is 11.2. The molecule has 6 heteroatoms. The molecule has 3 aromatic rings. The van der Waals surface area contributed by atoms with Crippen LogP contribution in [0, 0.1) is 5.82 Å². The molecule has 3 nitrogen and oxygen atoms in total. The Bertz CT molecular complexity index is 770. The molecule has 20 heavy (non-hydrogen) atoms. The molecule has 0 saturated heterocycles. The molecular formula is C14H10Cl2FN3. The molecule has 0 amide bonds. The fraction of sp³-hybridized carbons (Fsp3) is 0.143. The Morgan fingerprint density at radius 2 is 2.10 bits per heavy atom. The molecule has 2 aromatic heterocycles. The number of fused-ring (bicyclic) bond motifs is 1. The second-order valence-electron chi connectivity index (χ2n) is 4.26. The van der Waals surface area contributed by atoms with Crippen molar-refractivity contribution >= 4 is 34.2 Å². The fourth-order valence-electron chi connectivity index (χ4n) is 2.17. The van der Waals surface area contributed by atoms with E-state index < -0.39 is 5.82 Å². The van der Waals surface area contributed by atoms with Gasteiger partial charge in [0.05, 0.1) is 17.4 Å². The minimum atomic E-state index is -0.399. The molecule has 0 aliphatic carbocycles. The van der Waals surface area contributed by atoms with Gasteiger partial charge in [-0.15, -0.1) is 11.6 Å². The number of imidazole rings is 1. The number of benzene rings is 1. The van der Waals surface area contributed by atoms with Crippen molar-refractivity contribution in [2.45, 2.75) is 6.42 Å². The second-order valence-corrected chi connectivity index (χ2v) is 5.08. The average molecular weight is 310 g/mol. The van der Waals surface area contributed by atoms with E-state index in [9.17, 15) is 4.39 Å². The van der Waals surface area contributed by atoms with Crippen molar-refractivity contribution in [1.29, 1.82) is 0 Å². The van der Waals surface area contributed by atoms with Gasteiger partial charge in [0.2, 0.25) is 0 Å². The molecule has 0 unspecified atom stereocenters. The van der Waals surface area contributed by atoms with Crippen LogP contribution < -0.4 is 0 Å². The number of hydrogen-bond donors (Lipinski definition) is 0. The average Bonchev–Trinajstić information content (AvgIpc) is 2.78. The maximum atomic E-state index is 14.2. The summed E-state index contributed by atoms with van der Waals surface area (Å²) in [7, 11) is 0. The maximum Gasteiger partial charge on any atom is 0.148 e. The first-order valence-electron chi connectivity index (χ1n) is 6.03. The van der Waals surface area contributed by atoms with Gasteiger partial charge in [-0.05, 0) is 24.3 Å². The van der Waals surface area contributed by atoms with Crippen LogP contribution in [0.1, 0.15) is 5.82 Å². The highest BCUT2D eigenvalue weighted by Gasteiger charge is 2.15. The van der Waals surface area contributed by atoms with E-state index >= 15 is 0 Å². The van der Waals surface area contributed by atoms with Crippen molar-refractivity contribution in [3.63, 3.8) is 0 Å². The van der Waals surface area contributed by atoms with Crippen LogP contribution in [0.25, 0.3) is 16.7 Å². The molecule has 1 aromatic carbocycles. The van der Waals surface area contributed by atoms with Crippen LogP contribution in [0.3, 0.4) is 0 Å². The molecule has 0 atom stereocenters. The highest BCUT2D eigenvalue weighted by molar-refractivity contribution is 6.30. The first kappa shape index (κ1) is 13.3. The van der Waals surface area contributed by atoms with Gasteiger partial charge in [-0.3, -0.25) is 9.55 Å². The van der Waals surface area contributed by atoms with Gasteiger partial charge in [-0.2, -0.15) is 0 Å². The third-order valence-corrected chi connectivity index (χ3v) is 3.42. The first-order chi connectivity index (χ1) is 9.70. The van der Waals surface area contributed by atoms with Crippen molar-refractivity contribution < 1.29 is 4.39 Å². The number of pyridine rings is 1. The van der Waals surface area contributed by atoms with Crippen molar-refractivity contribution in [1.82, 2.24) is 14.5 Å². The van der Waals surface area contributed by atoms with Gasteiger partial charge < -0.3 is 0 Å². The summed E-state index contributed by atoms with van der Waals surface area (Å²) in [6.07, 6.45) is 3.84. The summed E-state index contributed by atoms with van der Waals surface area (Å²) < 4.78 is 15.9. The second kappa shape index (κ2) is 5.38. The van der Waals surface area contributed by atoms with Crippen LogP contribution in [0.2, 0.25) is 5.02 Å². The van der Waals surface area contributed by atoms with E-state index in [1.807, 2.05) is 0 Å². The third-order valence-electron chi connectivity index (χ3n) is 2.99. The third kappa shape index (κ3) is 2.25. The van der Waals surface area contributed by atoms with E-state index in [1.54, 1.807) is 35.2 Å². The molecule has 102 valence electrons. The standard InChI is InChI=1S/C14H10Cl2FN3/c15-5-3-14-19-11-8-18-6-4-13(11)20(14)12-2-1-9(16)7-10(12)17/h1-2,4,6-8H,3,5H2. The summed E-state index contributed by atoms with van der Waals surface area (Å²) in [5.74, 6) is 0.708. The summed E-state index contributed by atoms with van der Waals surface area (Å²) in [4.78, 5) is 8.49. The number of alkyl halides is 1. The Morgan fingerprint density at radius 3 is 2.85 bits per heavy atom. The lowest BCUT2D eigenvalue weighted by Crippen LogP contribution is -2.04. The van der Waals surface area contributed by atoms with Crippen LogP contribution in [0.5, 0.6) is 0 Å². The van der Waals surface area contributed by atoms with Crippen molar-refractivity contribution in [2.75, 3.05) is 5.88 Å². The molecule has 0 aliphatic heterocycles. The predicted molar refractivity (Wildman–Crippen MR) is 78.3 cm³/mol. The molecule has 0 radical (unpaired) electrons. The van der Waals surface area contributed by atoms with Crippen LogP contribution in [-0.4, -0.2) is 20.4 Å². The lowest BCUT2D eigenvalue weighted by molar-refractivity contribution is 0.617. The zero-order chi connectivity index (χ0) is 14.1. The van der Waals surface area contributed by atoms with Crippen LogP contribution in [-0.2, 0) is 6.42 Å². The molecule has 0 aliphatic rings. The van der Waals surface area contributed by atoms with E-state index in [4.69, 9.17) is 23.2 Å². The number of halogens is 3. The van der Waals surface area contributed by atoms with E-state index in [1.165, 1.54) is 6.07 Å². The lowest BCUT2D eigenvalue weighted by Gasteiger charge is -2.09. The zero-order valence-electron chi connectivity index (χ0n) is 10.4. The number of hydrogen-bond acceptors (Lipinski definition) is 2. The van der Waals surface area contributed by atoms with Gasteiger partial charge in [0.1, 0.15) is 17.2 Å². The minimum Gasteiger partial charge on any atom is -0.293 e. The number of nitrogens with zero attached hydrogens (tertiary/aromatic N) is 3. The molecule has 0 saturated carbocycles. The predicted octanol–water partition coefficient (Wildman–Crippen LogP) is 3.99. The smallest absolute Gasteiger partial charge is 0.148 e. The Balaban J connectivity index is 2.30. The van der Waals surface area contributed by atoms with Gasteiger partial charge in [-0.1, -0.05) is 11.6 Å². The topological polar surface area (TPSA) is 30.7 Å². The molecule has 3 rings (SSSR count). The molecule has 0 N–H and O–H groups in total. The Morgan fingerprint density at radius 1 is 1.25 bits per heavy atom. The van der Waals surface area contributed by atoms with E-state index in [0.717, 1.165) is 5.52 Å². The molecule has 2 heterocycles. The molecular weight excluding hydrogens is 300 g/mol. The summed E-state index contributed by atoms with van der Waals surface area (Å²) in [6.45, 7) is 0. The van der Waals surface area contributed by atoms with Crippen molar-refractivity contribution in [3.05, 3.63) is 53.3 Å². The van der Waals surface area contributed by atoms with E-state index in [-0.39, 0.29) is 0 Å². The maximum absolute atomic E-state index is 14.2. The molecule has 0 fully saturated rings. The fourth-order valence-corrected chi connectivity index (χ4v) is 2.49. The highest BCUT2D eigenvalue weighted by Crippen LogP contribution is 2.25. The number of aromatic nitrogens is 3. The highest BCUT2D eigenvalue weighted by atomic mass is 35.5. The van der Waals surface area contributed by atoms with Crippen LogP contribution in [0.4, 0.5) is 4.39 Å². The quantitative estimate of drug-likeness (QED) is 0.685.